The summed E-state index contributed by atoms with van der Waals surface area (Å²) in [5.41, 5.74) is 1.45. The lowest BCUT2D eigenvalue weighted by molar-refractivity contribution is -0.114. The topological polar surface area (TPSA) is 58.6 Å². The van der Waals surface area contributed by atoms with Crippen LogP contribution in [0.2, 0.25) is 0 Å². The molecule has 20 heavy (non-hydrogen) atoms. The molecule has 1 atom stereocenters. The zero-order valence-corrected chi connectivity index (χ0v) is 11.5. The van der Waals surface area contributed by atoms with E-state index in [0.29, 0.717) is 17.2 Å². The molecule has 0 spiro atoms. The molecule has 0 fully saturated rings. The molecule has 2 rings (SSSR count). The van der Waals surface area contributed by atoms with Crippen molar-refractivity contribution in [2.24, 2.45) is 0 Å². The highest BCUT2D eigenvalue weighted by molar-refractivity contribution is 5.90. The van der Waals surface area contributed by atoms with Gasteiger partial charge in [-0.05, 0) is 36.8 Å². The summed E-state index contributed by atoms with van der Waals surface area (Å²) in [5.74, 6) is 1.07. The number of aliphatic hydroxyl groups excluding tert-OH is 1. The van der Waals surface area contributed by atoms with E-state index < -0.39 is 6.10 Å². The lowest BCUT2D eigenvalue weighted by Gasteiger charge is -2.12. The van der Waals surface area contributed by atoms with Gasteiger partial charge >= 0.3 is 0 Å². The second-order valence-electron chi connectivity index (χ2n) is 4.52. The lowest BCUT2D eigenvalue weighted by atomic mass is 10.1. The summed E-state index contributed by atoms with van der Waals surface area (Å²) in [4.78, 5) is 11.1. The maximum atomic E-state index is 11.1. The minimum Gasteiger partial charge on any atom is -0.455 e. The molecule has 0 saturated carbocycles. The fraction of sp³-hybridized carbons (Fsp3) is 0.188. The van der Waals surface area contributed by atoms with Crippen LogP contribution in [0.3, 0.4) is 0 Å². The number of para-hydroxylation sites is 2. The molecule has 0 aliphatic rings. The van der Waals surface area contributed by atoms with Crippen molar-refractivity contribution in [2.45, 2.75) is 20.0 Å². The first-order valence-corrected chi connectivity index (χ1v) is 6.39. The summed E-state index contributed by atoms with van der Waals surface area (Å²) >= 11 is 0. The van der Waals surface area contributed by atoms with Crippen LogP contribution in [0.15, 0.2) is 48.5 Å². The van der Waals surface area contributed by atoms with Gasteiger partial charge in [-0.2, -0.15) is 0 Å². The summed E-state index contributed by atoms with van der Waals surface area (Å²) in [6.07, 6.45) is -0.504. The SMILES string of the molecule is CC(=O)Nc1ccccc1Oc1ccc([C@H](C)O)cc1. The number of hydrogen-bond donors (Lipinski definition) is 2. The van der Waals surface area contributed by atoms with Crippen molar-refractivity contribution in [2.75, 3.05) is 5.32 Å². The number of aliphatic hydroxyl groups is 1. The summed E-state index contributed by atoms with van der Waals surface area (Å²) in [6.45, 7) is 3.16. The first-order valence-electron chi connectivity index (χ1n) is 6.39. The maximum Gasteiger partial charge on any atom is 0.221 e. The molecule has 2 aromatic carbocycles. The molecule has 0 bridgehead atoms. The van der Waals surface area contributed by atoms with Crippen LogP contribution in [0.25, 0.3) is 0 Å². The van der Waals surface area contributed by atoms with Gasteiger partial charge in [-0.25, -0.2) is 0 Å². The van der Waals surface area contributed by atoms with Crippen molar-refractivity contribution in [3.63, 3.8) is 0 Å². The Kier molecular flexibility index (Phi) is 4.38. The number of carbonyl (C=O) groups excluding carboxylic acids is 1. The number of ether oxygens (including phenoxy) is 1. The maximum absolute atomic E-state index is 11.1. The zero-order chi connectivity index (χ0) is 14.5. The van der Waals surface area contributed by atoms with Gasteiger partial charge in [0.15, 0.2) is 5.75 Å². The number of anilines is 1. The highest BCUT2D eigenvalue weighted by atomic mass is 16.5. The molecule has 0 unspecified atom stereocenters. The third-order valence-electron chi connectivity index (χ3n) is 2.79. The standard InChI is InChI=1S/C16H17NO3/c1-11(18)13-7-9-14(10-8-13)20-16-6-4-3-5-15(16)17-12(2)19/h3-11,18H,1-2H3,(H,17,19)/t11-/m0/s1. The van der Waals surface area contributed by atoms with Crippen molar-refractivity contribution >= 4 is 11.6 Å². The number of benzene rings is 2. The minimum absolute atomic E-state index is 0.148. The van der Waals surface area contributed by atoms with Crippen LogP contribution in [0, 0.1) is 0 Å². The van der Waals surface area contributed by atoms with Crippen molar-refractivity contribution in [1.29, 1.82) is 0 Å². The zero-order valence-electron chi connectivity index (χ0n) is 11.5. The van der Waals surface area contributed by atoms with Gasteiger partial charge in [0, 0.05) is 6.92 Å². The third kappa shape index (κ3) is 3.59. The minimum atomic E-state index is -0.504. The van der Waals surface area contributed by atoms with E-state index in [9.17, 15) is 9.90 Å². The number of nitrogens with one attached hydrogen (secondary N) is 1. The van der Waals surface area contributed by atoms with E-state index in [4.69, 9.17) is 4.74 Å². The smallest absolute Gasteiger partial charge is 0.221 e. The van der Waals surface area contributed by atoms with Crippen LogP contribution in [0.4, 0.5) is 5.69 Å². The molecule has 2 aromatic rings. The Morgan fingerprint density at radius 3 is 2.40 bits per heavy atom. The molecular formula is C16H17NO3. The fourth-order valence-electron chi connectivity index (χ4n) is 1.79. The normalized spacial score (nSPS) is 11.8. The van der Waals surface area contributed by atoms with E-state index in [1.807, 2.05) is 12.1 Å². The molecule has 0 heterocycles. The first kappa shape index (κ1) is 14.1. The van der Waals surface area contributed by atoms with E-state index in [0.717, 1.165) is 5.56 Å². The molecule has 0 aliphatic carbocycles. The molecular weight excluding hydrogens is 254 g/mol. The van der Waals surface area contributed by atoms with Crippen molar-refractivity contribution in [3.8, 4) is 11.5 Å². The van der Waals surface area contributed by atoms with Crippen LogP contribution in [-0.2, 0) is 4.79 Å². The Bertz CT molecular complexity index is 591. The van der Waals surface area contributed by atoms with Gasteiger partial charge in [0.25, 0.3) is 0 Å². The van der Waals surface area contributed by atoms with Crippen molar-refractivity contribution < 1.29 is 14.6 Å². The van der Waals surface area contributed by atoms with Gasteiger partial charge in [-0.1, -0.05) is 24.3 Å². The summed E-state index contributed by atoms with van der Waals surface area (Å²) in [6, 6.07) is 14.4. The van der Waals surface area contributed by atoms with Crippen LogP contribution in [0.1, 0.15) is 25.5 Å². The third-order valence-corrected chi connectivity index (χ3v) is 2.79. The van der Waals surface area contributed by atoms with Gasteiger partial charge in [0.05, 0.1) is 11.8 Å². The number of rotatable bonds is 4. The highest BCUT2D eigenvalue weighted by Gasteiger charge is 2.06. The molecule has 0 aliphatic heterocycles. The van der Waals surface area contributed by atoms with Crippen LogP contribution < -0.4 is 10.1 Å². The second kappa shape index (κ2) is 6.21. The Hall–Kier alpha value is -2.33. The Labute approximate surface area is 118 Å². The van der Waals surface area contributed by atoms with Crippen LogP contribution in [0.5, 0.6) is 11.5 Å². The number of carbonyl (C=O) groups is 1. The van der Waals surface area contributed by atoms with Crippen molar-refractivity contribution in [1.82, 2.24) is 0 Å². The predicted octanol–water partition coefficient (Wildman–Crippen LogP) is 3.49. The Morgan fingerprint density at radius 1 is 1.15 bits per heavy atom. The van der Waals surface area contributed by atoms with E-state index in [2.05, 4.69) is 5.32 Å². The second-order valence-corrected chi connectivity index (χ2v) is 4.52. The number of hydrogen-bond acceptors (Lipinski definition) is 3. The molecule has 0 saturated heterocycles. The quantitative estimate of drug-likeness (QED) is 0.894. The molecule has 4 nitrogen and oxygen atoms in total. The number of amides is 1. The fourth-order valence-corrected chi connectivity index (χ4v) is 1.79. The summed E-state index contributed by atoms with van der Waals surface area (Å²) in [7, 11) is 0. The molecule has 104 valence electrons. The van der Waals surface area contributed by atoms with E-state index in [1.165, 1.54) is 6.92 Å². The summed E-state index contributed by atoms with van der Waals surface area (Å²) in [5, 5.41) is 12.2. The van der Waals surface area contributed by atoms with Crippen LogP contribution in [-0.4, -0.2) is 11.0 Å². The van der Waals surface area contributed by atoms with E-state index in [1.54, 1.807) is 43.3 Å². The molecule has 1 amide bonds. The molecule has 4 heteroatoms. The van der Waals surface area contributed by atoms with Crippen molar-refractivity contribution in [3.05, 3.63) is 54.1 Å². The van der Waals surface area contributed by atoms with Gasteiger partial charge in [-0.15, -0.1) is 0 Å². The van der Waals surface area contributed by atoms with E-state index in [-0.39, 0.29) is 5.91 Å². The average Bonchev–Trinajstić information content (AvgIpc) is 2.41. The monoisotopic (exact) mass is 271 g/mol. The van der Waals surface area contributed by atoms with Gasteiger partial charge < -0.3 is 15.2 Å². The lowest BCUT2D eigenvalue weighted by Crippen LogP contribution is -2.06. The molecule has 0 aromatic heterocycles. The van der Waals surface area contributed by atoms with Crippen LogP contribution >= 0.6 is 0 Å². The highest BCUT2D eigenvalue weighted by Crippen LogP contribution is 2.29. The van der Waals surface area contributed by atoms with E-state index >= 15 is 0 Å². The first-order chi connectivity index (χ1) is 9.56. The van der Waals surface area contributed by atoms with Gasteiger partial charge in [0.2, 0.25) is 5.91 Å². The summed E-state index contributed by atoms with van der Waals surface area (Å²) < 4.78 is 5.75. The average molecular weight is 271 g/mol. The largest absolute Gasteiger partial charge is 0.455 e. The predicted molar refractivity (Wildman–Crippen MR) is 77.9 cm³/mol. The molecule has 0 radical (unpaired) electrons. The Balaban J connectivity index is 2.19. The Morgan fingerprint density at radius 2 is 1.80 bits per heavy atom. The molecule has 2 N–H and O–H groups in total. The van der Waals surface area contributed by atoms with Gasteiger partial charge in [0.1, 0.15) is 5.75 Å². The van der Waals surface area contributed by atoms with Gasteiger partial charge in [-0.3, -0.25) is 4.79 Å².